The Morgan fingerprint density at radius 3 is 2.72 bits per heavy atom. The molecule has 0 fully saturated rings. The number of anilines is 1. The average molecular weight is 333 g/mol. The topological polar surface area (TPSA) is 72.2 Å². The Labute approximate surface area is 142 Å². The minimum absolute atomic E-state index is 0.247. The molecule has 7 heteroatoms. The van der Waals surface area contributed by atoms with Gasteiger partial charge in [0, 0.05) is 11.8 Å². The number of rotatable bonds is 3. The summed E-state index contributed by atoms with van der Waals surface area (Å²) < 4.78 is 15.4. The van der Waals surface area contributed by atoms with Crippen LogP contribution in [0.2, 0.25) is 0 Å². The van der Waals surface area contributed by atoms with Crippen LogP contribution >= 0.6 is 0 Å². The number of carbonyl (C=O) groups excluding carboxylic acids is 1. The molecule has 3 aromatic heterocycles. The van der Waals surface area contributed by atoms with Gasteiger partial charge in [-0.2, -0.15) is 5.10 Å². The summed E-state index contributed by atoms with van der Waals surface area (Å²) in [5.41, 5.74) is 2.08. The van der Waals surface area contributed by atoms with E-state index in [9.17, 15) is 9.18 Å². The van der Waals surface area contributed by atoms with Crippen LogP contribution in [0.5, 0.6) is 0 Å². The molecule has 0 unspecified atom stereocenters. The molecule has 4 rings (SSSR count). The Hall–Kier alpha value is -3.61. The third-order valence-electron chi connectivity index (χ3n) is 3.66. The second-order valence-electron chi connectivity index (χ2n) is 5.31. The summed E-state index contributed by atoms with van der Waals surface area (Å²) in [5, 5.41) is 7.10. The fourth-order valence-corrected chi connectivity index (χ4v) is 2.47. The third-order valence-corrected chi connectivity index (χ3v) is 3.66. The van der Waals surface area contributed by atoms with E-state index in [0.717, 1.165) is 0 Å². The second-order valence-corrected chi connectivity index (χ2v) is 5.31. The number of carbonyl (C=O) groups is 1. The number of nitrogens with one attached hydrogen (secondary N) is 1. The number of amides is 1. The first-order valence-electron chi connectivity index (χ1n) is 7.53. The first kappa shape index (κ1) is 14.9. The van der Waals surface area contributed by atoms with Crippen LogP contribution in [-0.2, 0) is 0 Å². The molecule has 1 amide bonds. The quantitative estimate of drug-likeness (QED) is 0.625. The van der Waals surface area contributed by atoms with Gasteiger partial charge in [-0.25, -0.2) is 13.9 Å². The molecule has 122 valence electrons. The van der Waals surface area contributed by atoms with E-state index in [-0.39, 0.29) is 17.4 Å². The van der Waals surface area contributed by atoms with Crippen molar-refractivity contribution in [2.24, 2.45) is 0 Å². The van der Waals surface area contributed by atoms with E-state index in [0.29, 0.717) is 22.6 Å². The molecule has 4 aromatic rings. The van der Waals surface area contributed by atoms with Crippen molar-refractivity contribution in [2.75, 3.05) is 5.32 Å². The summed E-state index contributed by atoms with van der Waals surface area (Å²) in [6.07, 6.45) is 4.59. The number of benzene rings is 1. The number of nitrogens with zero attached hydrogens (tertiary/aromatic N) is 4. The molecule has 25 heavy (non-hydrogen) atoms. The normalized spacial score (nSPS) is 10.8. The Kier molecular flexibility index (Phi) is 3.66. The number of pyridine rings is 1. The Balaban J connectivity index is 1.74. The fraction of sp³-hybridized carbons (Fsp3) is 0. The molecular weight excluding hydrogens is 321 g/mol. The van der Waals surface area contributed by atoms with Crippen molar-refractivity contribution < 1.29 is 9.18 Å². The molecule has 0 spiro atoms. The van der Waals surface area contributed by atoms with E-state index in [4.69, 9.17) is 0 Å². The molecule has 0 saturated carbocycles. The predicted octanol–water partition coefficient (Wildman–Crippen LogP) is 3.18. The SMILES string of the molecule is O=C(Nc1cccnc1)c1cnc2ccc(-c3ccccc3F)nn12. The summed E-state index contributed by atoms with van der Waals surface area (Å²) in [6.45, 7) is 0. The molecule has 0 atom stereocenters. The van der Waals surface area contributed by atoms with Crippen LogP contribution < -0.4 is 5.32 Å². The van der Waals surface area contributed by atoms with Crippen molar-refractivity contribution in [2.45, 2.75) is 0 Å². The Morgan fingerprint density at radius 1 is 1.04 bits per heavy atom. The van der Waals surface area contributed by atoms with Crippen molar-refractivity contribution in [3.05, 3.63) is 78.6 Å². The highest BCUT2D eigenvalue weighted by Crippen LogP contribution is 2.21. The van der Waals surface area contributed by atoms with Crippen LogP contribution in [0.3, 0.4) is 0 Å². The summed E-state index contributed by atoms with van der Waals surface area (Å²) >= 11 is 0. The highest BCUT2D eigenvalue weighted by atomic mass is 19.1. The standard InChI is InChI=1S/C18H12FN5O/c19-14-6-2-1-5-13(14)15-7-8-17-21-11-16(24(17)23-15)18(25)22-12-4-3-9-20-10-12/h1-11H,(H,22,25). The van der Waals surface area contributed by atoms with Crippen LogP contribution in [0.25, 0.3) is 16.9 Å². The zero-order chi connectivity index (χ0) is 17.2. The van der Waals surface area contributed by atoms with E-state index in [1.54, 1.807) is 54.9 Å². The first-order valence-corrected chi connectivity index (χ1v) is 7.53. The van der Waals surface area contributed by atoms with Gasteiger partial charge in [0.15, 0.2) is 11.3 Å². The summed E-state index contributed by atoms with van der Waals surface area (Å²) in [6, 6.07) is 13.2. The van der Waals surface area contributed by atoms with E-state index >= 15 is 0 Å². The van der Waals surface area contributed by atoms with Crippen molar-refractivity contribution >= 4 is 17.2 Å². The molecule has 0 radical (unpaired) electrons. The molecule has 3 heterocycles. The number of halogens is 1. The van der Waals surface area contributed by atoms with Crippen LogP contribution in [0.1, 0.15) is 10.5 Å². The van der Waals surface area contributed by atoms with Gasteiger partial charge in [0.1, 0.15) is 5.82 Å². The first-order chi connectivity index (χ1) is 12.2. The summed E-state index contributed by atoms with van der Waals surface area (Å²) in [7, 11) is 0. The predicted molar refractivity (Wildman–Crippen MR) is 90.6 cm³/mol. The van der Waals surface area contributed by atoms with Crippen LogP contribution in [0, 0.1) is 5.82 Å². The van der Waals surface area contributed by atoms with Gasteiger partial charge in [-0.05, 0) is 36.4 Å². The minimum Gasteiger partial charge on any atom is -0.319 e. The van der Waals surface area contributed by atoms with Gasteiger partial charge in [0.2, 0.25) is 0 Å². The lowest BCUT2D eigenvalue weighted by Crippen LogP contribution is -2.15. The molecule has 0 saturated heterocycles. The number of hydrogen-bond donors (Lipinski definition) is 1. The number of imidazole rings is 1. The van der Waals surface area contributed by atoms with Crippen molar-refractivity contribution in [3.8, 4) is 11.3 Å². The van der Waals surface area contributed by atoms with Crippen molar-refractivity contribution in [1.29, 1.82) is 0 Å². The summed E-state index contributed by atoms with van der Waals surface area (Å²) in [4.78, 5) is 20.6. The van der Waals surface area contributed by atoms with Crippen molar-refractivity contribution in [1.82, 2.24) is 19.6 Å². The molecular formula is C18H12FN5O. The number of hydrogen-bond acceptors (Lipinski definition) is 4. The van der Waals surface area contributed by atoms with Gasteiger partial charge >= 0.3 is 0 Å². The van der Waals surface area contributed by atoms with Crippen molar-refractivity contribution in [3.63, 3.8) is 0 Å². The van der Waals surface area contributed by atoms with E-state index in [1.165, 1.54) is 16.8 Å². The van der Waals surface area contributed by atoms with E-state index in [2.05, 4.69) is 20.4 Å². The van der Waals surface area contributed by atoms with Gasteiger partial charge in [0.05, 0.1) is 23.8 Å². The van der Waals surface area contributed by atoms with E-state index < -0.39 is 0 Å². The van der Waals surface area contributed by atoms with E-state index in [1.807, 2.05) is 0 Å². The highest BCUT2D eigenvalue weighted by molar-refractivity contribution is 6.03. The molecule has 1 N–H and O–H groups in total. The second kappa shape index (κ2) is 6.12. The molecule has 0 aliphatic rings. The molecule has 0 bridgehead atoms. The van der Waals surface area contributed by atoms with Gasteiger partial charge < -0.3 is 5.32 Å². The maximum absolute atomic E-state index is 14.0. The minimum atomic E-state index is -0.379. The molecule has 0 aliphatic heterocycles. The average Bonchev–Trinajstić information content (AvgIpc) is 3.06. The zero-order valence-electron chi connectivity index (χ0n) is 12.9. The largest absolute Gasteiger partial charge is 0.319 e. The zero-order valence-corrected chi connectivity index (χ0v) is 12.9. The summed E-state index contributed by atoms with van der Waals surface area (Å²) in [5.74, 6) is -0.755. The van der Waals surface area contributed by atoms with Crippen LogP contribution in [0.4, 0.5) is 10.1 Å². The maximum Gasteiger partial charge on any atom is 0.276 e. The van der Waals surface area contributed by atoms with Gasteiger partial charge in [-0.15, -0.1) is 0 Å². The fourth-order valence-electron chi connectivity index (χ4n) is 2.47. The smallest absolute Gasteiger partial charge is 0.276 e. The third kappa shape index (κ3) is 2.83. The lowest BCUT2D eigenvalue weighted by Gasteiger charge is -2.06. The van der Waals surface area contributed by atoms with Gasteiger partial charge in [0.25, 0.3) is 5.91 Å². The van der Waals surface area contributed by atoms with Gasteiger partial charge in [-0.1, -0.05) is 12.1 Å². The van der Waals surface area contributed by atoms with Gasteiger partial charge in [-0.3, -0.25) is 9.78 Å². The number of fused-ring (bicyclic) bond motifs is 1. The Bertz CT molecular complexity index is 1060. The highest BCUT2D eigenvalue weighted by Gasteiger charge is 2.15. The number of aromatic nitrogens is 4. The Morgan fingerprint density at radius 2 is 1.92 bits per heavy atom. The lowest BCUT2D eigenvalue weighted by atomic mass is 10.1. The monoisotopic (exact) mass is 333 g/mol. The maximum atomic E-state index is 14.0. The molecule has 1 aromatic carbocycles. The molecule has 6 nitrogen and oxygen atoms in total. The lowest BCUT2D eigenvalue weighted by molar-refractivity contribution is 0.102. The van der Waals surface area contributed by atoms with Crippen LogP contribution in [0.15, 0.2) is 67.1 Å². The molecule has 0 aliphatic carbocycles. The van der Waals surface area contributed by atoms with Crippen LogP contribution in [-0.4, -0.2) is 25.5 Å².